The Morgan fingerprint density at radius 2 is 2.00 bits per heavy atom. The van der Waals surface area contributed by atoms with Crippen molar-refractivity contribution in [2.24, 2.45) is 5.73 Å². The lowest BCUT2D eigenvalue weighted by Crippen LogP contribution is -2.36. The second kappa shape index (κ2) is 5.17. The molecule has 1 rings (SSSR count). The topological polar surface area (TPSA) is 35.2 Å². The minimum absolute atomic E-state index is 0.0661. The molecule has 2 atom stereocenters. The van der Waals surface area contributed by atoms with Crippen LogP contribution in [0.15, 0.2) is 18.2 Å². The van der Waals surface area contributed by atoms with Gasteiger partial charge < -0.3 is 10.5 Å². The summed E-state index contributed by atoms with van der Waals surface area (Å²) in [6.45, 7) is 8.24. The Hall–Kier alpha value is -1.02. The van der Waals surface area contributed by atoms with Crippen molar-refractivity contribution in [3.63, 3.8) is 0 Å². The molecule has 0 saturated carbocycles. The standard InChI is InChI=1S/C13H21NO/c1-5-12(14)11(4)15-13-7-6-9(2)8-10(13)3/h6-8,11-12H,5,14H2,1-4H3. The summed E-state index contributed by atoms with van der Waals surface area (Å²) >= 11 is 0. The summed E-state index contributed by atoms with van der Waals surface area (Å²) in [4.78, 5) is 0. The van der Waals surface area contributed by atoms with Crippen molar-refractivity contribution in [3.05, 3.63) is 29.3 Å². The first-order valence-corrected chi connectivity index (χ1v) is 5.54. The quantitative estimate of drug-likeness (QED) is 0.824. The van der Waals surface area contributed by atoms with Crippen LogP contribution in [0.5, 0.6) is 5.75 Å². The van der Waals surface area contributed by atoms with Crippen LogP contribution in [-0.2, 0) is 0 Å². The van der Waals surface area contributed by atoms with Crippen molar-refractivity contribution >= 4 is 0 Å². The average molecular weight is 207 g/mol. The highest BCUT2D eigenvalue weighted by Gasteiger charge is 2.12. The first-order valence-electron chi connectivity index (χ1n) is 5.54. The van der Waals surface area contributed by atoms with Gasteiger partial charge in [-0.2, -0.15) is 0 Å². The molecular weight excluding hydrogens is 186 g/mol. The predicted molar refractivity (Wildman–Crippen MR) is 64.3 cm³/mol. The molecule has 2 unspecified atom stereocenters. The number of benzene rings is 1. The molecule has 2 N–H and O–H groups in total. The van der Waals surface area contributed by atoms with Gasteiger partial charge in [-0.05, 0) is 38.8 Å². The van der Waals surface area contributed by atoms with Gasteiger partial charge in [0.1, 0.15) is 11.9 Å². The molecule has 0 radical (unpaired) electrons. The molecule has 0 aromatic heterocycles. The third kappa shape index (κ3) is 3.24. The second-order valence-electron chi connectivity index (χ2n) is 4.16. The van der Waals surface area contributed by atoms with E-state index in [1.807, 2.05) is 13.0 Å². The number of aryl methyl sites for hydroxylation is 2. The van der Waals surface area contributed by atoms with Gasteiger partial charge in [-0.15, -0.1) is 0 Å². The number of hydrogen-bond donors (Lipinski definition) is 1. The van der Waals surface area contributed by atoms with Gasteiger partial charge >= 0.3 is 0 Å². The van der Waals surface area contributed by atoms with E-state index in [1.165, 1.54) is 11.1 Å². The fourth-order valence-corrected chi connectivity index (χ4v) is 1.55. The number of hydrogen-bond acceptors (Lipinski definition) is 2. The van der Waals surface area contributed by atoms with Gasteiger partial charge in [-0.3, -0.25) is 0 Å². The third-order valence-corrected chi connectivity index (χ3v) is 2.72. The monoisotopic (exact) mass is 207 g/mol. The maximum absolute atomic E-state index is 5.92. The molecule has 0 saturated heterocycles. The van der Waals surface area contributed by atoms with Crippen LogP contribution >= 0.6 is 0 Å². The van der Waals surface area contributed by atoms with E-state index in [0.717, 1.165) is 12.2 Å². The van der Waals surface area contributed by atoms with Crippen LogP contribution in [0, 0.1) is 13.8 Å². The Bertz CT molecular complexity index is 322. The normalized spacial score (nSPS) is 14.7. The molecule has 0 aliphatic carbocycles. The molecule has 1 aromatic rings. The van der Waals surface area contributed by atoms with Crippen molar-refractivity contribution < 1.29 is 4.74 Å². The average Bonchev–Trinajstić information content (AvgIpc) is 2.20. The fraction of sp³-hybridized carbons (Fsp3) is 0.538. The van der Waals surface area contributed by atoms with Crippen molar-refractivity contribution in [2.75, 3.05) is 0 Å². The summed E-state index contributed by atoms with van der Waals surface area (Å²) in [6.07, 6.45) is 1.00. The van der Waals surface area contributed by atoms with Crippen LogP contribution in [0.3, 0.4) is 0 Å². The van der Waals surface area contributed by atoms with E-state index in [9.17, 15) is 0 Å². The van der Waals surface area contributed by atoms with Gasteiger partial charge in [-0.1, -0.05) is 24.6 Å². The maximum atomic E-state index is 5.92. The third-order valence-electron chi connectivity index (χ3n) is 2.72. The Balaban J connectivity index is 2.72. The van der Waals surface area contributed by atoms with Gasteiger partial charge in [0, 0.05) is 6.04 Å². The van der Waals surface area contributed by atoms with Crippen LogP contribution < -0.4 is 10.5 Å². The largest absolute Gasteiger partial charge is 0.489 e. The van der Waals surface area contributed by atoms with Gasteiger partial charge in [0.05, 0.1) is 0 Å². The SMILES string of the molecule is CCC(N)C(C)Oc1ccc(C)cc1C. The van der Waals surface area contributed by atoms with E-state index in [0.29, 0.717) is 0 Å². The van der Waals surface area contributed by atoms with Crippen LogP contribution in [0.2, 0.25) is 0 Å². The van der Waals surface area contributed by atoms with Gasteiger partial charge in [0.25, 0.3) is 0 Å². The highest BCUT2D eigenvalue weighted by molar-refractivity contribution is 5.35. The summed E-state index contributed by atoms with van der Waals surface area (Å²) in [5, 5.41) is 0. The zero-order valence-corrected chi connectivity index (χ0v) is 10.1. The zero-order chi connectivity index (χ0) is 11.4. The summed E-state index contributed by atoms with van der Waals surface area (Å²) in [5.41, 5.74) is 8.35. The lowest BCUT2D eigenvalue weighted by molar-refractivity contribution is 0.186. The van der Waals surface area contributed by atoms with Crippen LogP contribution in [0.1, 0.15) is 31.4 Å². The van der Waals surface area contributed by atoms with E-state index >= 15 is 0 Å². The Morgan fingerprint density at radius 3 is 2.53 bits per heavy atom. The molecule has 0 heterocycles. The van der Waals surface area contributed by atoms with E-state index in [4.69, 9.17) is 10.5 Å². The minimum atomic E-state index is 0.0661. The van der Waals surface area contributed by atoms with Gasteiger partial charge in [0.15, 0.2) is 0 Å². The lowest BCUT2D eigenvalue weighted by Gasteiger charge is -2.21. The minimum Gasteiger partial charge on any atom is -0.489 e. The van der Waals surface area contributed by atoms with Crippen LogP contribution in [-0.4, -0.2) is 12.1 Å². The molecule has 15 heavy (non-hydrogen) atoms. The fourth-order valence-electron chi connectivity index (χ4n) is 1.55. The maximum Gasteiger partial charge on any atom is 0.122 e. The molecule has 0 fully saturated rings. The van der Waals surface area contributed by atoms with Crippen LogP contribution in [0.4, 0.5) is 0 Å². The summed E-state index contributed by atoms with van der Waals surface area (Å²) in [7, 11) is 0. The predicted octanol–water partition coefficient (Wildman–Crippen LogP) is 2.81. The molecule has 0 spiro atoms. The van der Waals surface area contributed by atoms with Gasteiger partial charge in [-0.25, -0.2) is 0 Å². The first kappa shape index (κ1) is 12.1. The van der Waals surface area contributed by atoms with Crippen molar-refractivity contribution in [1.82, 2.24) is 0 Å². The van der Waals surface area contributed by atoms with Crippen molar-refractivity contribution in [1.29, 1.82) is 0 Å². The first-order chi connectivity index (χ1) is 7.04. The molecule has 0 aliphatic heterocycles. The molecule has 0 bridgehead atoms. The summed E-state index contributed by atoms with van der Waals surface area (Å²) < 4.78 is 5.83. The van der Waals surface area contributed by atoms with Crippen molar-refractivity contribution in [3.8, 4) is 5.75 Å². The van der Waals surface area contributed by atoms with Gasteiger partial charge in [0.2, 0.25) is 0 Å². The number of rotatable bonds is 4. The summed E-state index contributed by atoms with van der Waals surface area (Å²) in [5.74, 6) is 0.942. The molecule has 2 nitrogen and oxygen atoms in total. The molecule has 0 amide bonds. The Kier molecular flexibility index (Phi) is 4.15. The Labute approximate surface area is 92.4 Å². The van der Waals surface area contributed by atoms with E-state index in [-0.39, 0.29) is 12.1 Å². The highest BCUT2D eigenvalue weighted by atomic mass is 16.5. The molecule has 84 valence electrons. The lowest BCUT2D eigenvalue weighted by atomic mass is 10.1. The molecular formula is C13H21NO. The van der Waals surface area contributed by atoms with Crippen molar-refractivity contribution in [2.45, 2.75) is 46.3 Å². The van der Waals surface area contributed by atoms with Crippen LogP contribution in [0.25, 0.3) is 0 Å². The summed E-state index contributed by atoms with van der Waals surface area (Å²) in [6, 6.07) is 6.31. The molecule has 1 aromatic carbocycles. The molecule has 2 heteroatoms. The number of ether oxygens (including phenoxy) is 1. The molecule has 0 aliphatic rings. The van der Waals surface area contributed by atoms with E-state index in [2.05, 4.69) is 32.9 Å². The Morgan fingerprint density at radius 1 is 1.33 bits per heavy atom. The highest BCUT2D eigenvalue weighted by Crippen LogP contribution is 2.20. The smallest absolute Gasteiger partial charge is 0.122 e. The van der Waals surface area contributed by atoms with E-state index < -0.39 is 0 Å². The van der Waals surface area contributed by atoms with E-state index in [1.54, 1.807) is 0 Å². The second-order valence-corrected chi connectivity index (χ2v) is 4.16. The number of nitrogens with two attached hydrogens (primary N) is 1. The zero-order valence-electron chi connectivity index (χ0n) is 10.1.